The molecule has 44 heavy (non-hydrogen) atoms. The molecule has 5 aromatic carbocycles. The van der Waals surface area contributed by atoms with Crippen LogP contribution in [0.15, 0.2) is 146 Å². The number of hydrogen-bond donors (Lipinski definition) is 2. The van der Waals surface area contributed by atoms with Gasteiger partial charge in [0, 0.05) is 47.3 Å². The summed E-state index contributed by atoms with van der Waals surface area (Å²) in [5, 5.41) is 6.61. The molecule has 2 N–H and O–H groups in total. The molecule has 1 atom stereocenters. The fourth-order valence-electron chi connectivity index (χ4n) is 6.21. The average molecular weight is 582 g/mol. The summed E-state index contributed by atoms with van der Waals surface area (Å²) >= 11 is 0. The van der Waals surface area contributed by atoms with E-state index in [0.29, 0.717) is 11.5 Å². The summed E-state index contributed by atoms with van der Waals surface area (Å²) in [6, 6.07) is 42.6. The summed E-state index contributed by atoms with van der Waals surface area (Å²) in [6.45, 7) is 6.38. The second-order valence-corrected chi connectivity index (χ2v) is 11.3. The van der Waals surface area contributed by atoms with Crippen molar-refractivity contribution in [3.63, 3.8) is 0 Å². The zero-order valence-electron chi connectivity index (χ0n) is 24.6. The summed E-state index contributed by atoms with van der Waals surface area (Å²) in [5.41, 5.74) is 7.36. The largest absolute Gasteiger partial charge is 0.372 e. The number of allylic oxidation sites excluding steroid dienone is 1. The average Bonchev–Trinajstić information content (AvgIpc) is 3.07. The maximum Gasteiger partial charge on any atom is 0.256 e. The van der Waals surface area contributed by atoms with Crippen LogP contribution in [0.1, 0.15) is 34.7 Å². The first kappa shape index (κ1) is 28.9. The van der Waals surface area contributed by atoms with Gasteiger partial charge in [-0.15, -0.1) is 0 Å². The molecule has 1 unspecified atom stereocenters. The molecule has 0 spiro atoms. The van der Waals surface area contributed by atoms with E-state index < -0.39 is 0 Å². The topological polar surface area (TPSA) is 44.4 Å². The van der Waals surface area contributed by atoms with Crippen LogP contribution < -0.4 is 15.5 Å². The van der Waals surface area contributed by atoms with Crippen molar-refractivity contribution in [1.29, 1.82) is 0 Å². The summed E-state index contributed by atoms with van der Waals surface area (Å²) < 4.78 is 13.5. The van der Waals surface area contributed by atoms with Crippen molar-refractivity contribution >= 4 is 23.0 Å². The van der Waals surface area contributed by atoms with Crippen LogP contribution in [0.3, 0.4) is 0 Å². The Labute approximate surface area is 258 Å². The SMILES string of the molecule is C=C(Nc1ccccc1)C(c1ccccc1)C1CCN(c2ccc(NC(=O)c3ccccc3-c3ccc(F)cc3)cc2)CC1. The Morgan fingerprint density at radius 3 is 1.98 bits per heavy atom. The smallest absolute Gasteiger partial charge is 0.256 e. The van der Waals surface area contributed by atoms with Crippen LogP contribution in [0.5, 0.6) is 0 Å². The van der Waals surface area contributed by atoms with Crippen molar-refractivity contribution in [1.82, 2.24) is 0 Å². The third-order valence-electron chi connectivity index (χ3n) is 8.44. The Morgan fingerprint density at radius 2 is 1.30 bits per heavy atom. The summed E-state index contributed by atoms with van der Waals surface area (Å²) in [6.07, 6.45) is 2.10. The van der Waals surface area contributed by atoms with E-state index in [4.69, 9.17) is 0 Å². The monoisotopic (exact) mass is 581 g/mol. The van der Waals surface area contributed by atoms with E-state index in [2.05, 4.69) is 76.7 Å². The molecule has 1 saturated heterocycles. The number of halogens is 1. The Morgan fingerprint density at radius 1 is 0.705 bits per heavy atom. The van der Waals surface area contributed by atoms with Gasteiger partial charge < -0.3 is 15.5 Å². The Kier molecular flexibility index (Phi) is 8.83. The van der Waals surface area contributed by atoms with Crippen molar-refractivity contribution in [2.45, 2.75) is 18.8 Å². The van der Waals surface area contributed by atoms with Crippen molar-refractivity contribution in [3.8, 4) is 11.1 Å². The number of hydrogen-bond acceptors (Lipinski definition) is 3. The van der Waals surface area contributed by atoms with E-state index >= 15 is 0 Å². The third-order valence-corrected chi connectivity index (χ3v) is 8.44. The van der Waals surface area contributed by atoms with Crippen LogP contribution in [-0.4, -0.2) is 19.0 Å². The maximum absolute atomic E-state index is 13.5. The number of para-hydroxylation sites is 1. The normalized spacial score (nSPS) is 14.1. The van der Waals surface area contributed by atoms with Crippen LogP contribution in [0, 0.1) is 11.7 Å². The van der Waals surface area contributed by atoms with Gasteiger partial charge in [-0.05, 0) is 90.0 Å². The van der Waals surface area contributed by atoms with Crippen LogP contribution in [-0.2, 0) is 0 Å². The molecule has 0 aliphatic carbocycles. The Bertz CT molecular complexity index is 1690. The fraction of sp³-hybridized carbons (Fsp3) is 0.154. The number of rotatable bonds is 9. The van der Waals surface area contributed by atoms with E-state index in [1.54, 1.807) is 18.2 Å². The van der Waals surface area contributed by atoms with E-state index in [1.165, 1.54) is 17.7 Å². The van der Waals surface area contributed by atoms with Crippen molar-refractivity contribution < 1.29 is 9.18 Å². The van der Waals surface area contributed by atoms with Gasteiger partial charge in [-0.3, -0.25) is 4.79 Å². The molecule has 5 heteroatoms. The van der Waals surface area contributed by atoms with Gasteiger partial charge in [0.05, 0.1) is 0 Å². The van der Waals surface area contributed by atoms with E-state index in [9.17, 15) is 9.18 Å². The first-order valence-electron chi connectivity index (χ1n) is 15.1. The van der Waals surface area contributed by atoms with Crippen molar-refractivity contribution in [2.24, 2.45) is 5.92 Å². The minimum absolute atomic E-state index is 0.199. The third kappa shape index (κ3) is 6.73. The van der Waals surface area contributed by atoms with Crippen molar-refractivity contribution in [2.75, 3.05) is 28.6 Å². The predicted octanol–water partition coefficient (Wildman–Crippen LogP) is 9.37. The highest BCUT2D eigenvalue weighted by Crippen LogP contribution is 2.39. The molecule has 1 heterocycles. The summed E-state index contributed by atoms with van der Waals surface area (Å²) in [4.78, 5) is 15.7. The zero-order valence-corrected chi connectivity index (χ0v) is 24.6. The molecule has 4 nitrogen and oxygen atoms in total. The van der Waals surface area contributed by atoms with Gasteiger partial charge >= 0.3 is 0 Å². The second-order valence-electron chi connectivity index (χ2n) is 11.3. The first-order chi connectivity index (χ1) is 21.5. The van der Waals surface area contributed by atoms with E-state index in [-0.39, 0.29) is 17.6 Å². The molecular formula is C39H36FN3O. The van der Waals surface area contributed by atoms with Crippen molar-refractivity contribution in [3.05, 3.63) is 163 Å². The second kappa shape index (κ2) is 13.4. The number of amides is 1. The molecule has 0 radical (unpaired) electrons. The van der Waals surface area contributed by atoms with Crippen LogP contribution in [0.4, 0.5) is 21.5 Å². The number of carbonyl (C=O) groups is 1. The van der Waals surface area contributed by atoms with Gasteiger partial charge in [0.1, 0.15) is 5.82 Å². The van der Waals surface area contributed by atoms with Gasteiger partial charge in [0.25, 0.3) is 5.91 Å². The molecule has 1 aliphatic heterocycles. The quantitative estimate of drug-likeness (QED) is 0.182. The lowest BCUT2D eigenvalue weighted by atomic mass is 9.78. The van der Waals surface area contributed by atoms with Crippen LogP contribution in [0.25, 0.3) is 11.1 Å². The van der Waals surface area contributed by atoms with Crippen LogP contribution >= 0.6 is 0 Å². The molecule has 1 fully saturated rings. The molecule has 0 bridgehead atoms. The molecule has 0 aromatic heterocycles. The molecule has 6 rings (SSSR count). The molecule has 1 amide bonds. The van der Waals surface area contributed by atoms with Crippen LogP contribution in [0.2, 0.25) is 0 Å². The molecule has 0 saturated carbocycles. The summed E-state index contributed by atoms with van der Waals surface area (Å²) in [5.74, 6) is 0.183. The van der Waals surface area contributed by atoms with E-state index in [1.807, 2.05) is 48.5 Å². The number of benzene rings is 5. The predicted molar refractivity (Wildman–Crippen MR) is 180 cm³/mol. The highest BCUT2D eigenvalue weighted by atomic mass is 19.1. The molecule has 5 aromatic rings. The Balaban J connectivity index is 1.10. The highest BCUT2D eigenvalue weighted by molar-refractivity contribution is 6.08. The van der Waals surface area contributed by atoms with Gasteiger partial charge in [0.15, 0.2) is 0 Å². The zero-order chi connectivity index (χ0) is 30.3. The van der Waals surface area contributed by atoms with Gasteiger partial charge in [-0.2, -0.15) is 0 Å². The number of anilines is 3. The standard InChI is InChI=1S/C39H36FN3O/c1-28(41-33-12-6-3-7-13-33)38(30-10-4-2-5-11-30)31-24-26-43(27-25-31)35-22-20-34(21-23-35)42-39(44)37-15-9-8-14-36(37)29-16-18-32(40)19-17-29/h2-23,31,38,41H,1,24-27H2,(H,42,44). The minimum Gasteiger partial charge on any atom is -0.372 e. The van der Waals surface area contributed by atoms with Gasteiger partial charge in [0.2, 0.25) is 0 Å². The van der Waals surface area contributed by atoms with Gasteiger partial charge in [-0.1, -0.05) is 85.4 Å². The molecular weight excluding hydrogens is 545 g/mol. The number of piperidine rings is 1. The number of nitrogens with one attached hydrogen (secondary N) is 2. The first-order valence-corrected chi connectivity index (χ1v) is 15.1. The highest BCUT2D eigenvalue weighted by Gasteiger charge is 2.30. The van der Waals surface area contributed by atoms with E-state index in [0.717, 1.165) is 59.8 Å². The lowest BCUT2D eigenvalue weighted by Crippen LogP contribution is -2.36. The fourth-order valence-corrected chi connectivity index (χ4v) is 6.21. The maximum atomic E-state index is 13.5. The lowest BCUT2D eigenvalue weighted by molar-refractivity contribution is 0.102. The Hall–Kier alpha value is -5.16. The summed E-state index contributed by atoms with van der Waals surface area (Å²) in [7, 11) is 0. The number of nitrogens with zero attached hydrogens (tertiary/aromatic N) is 1. The minimum atomic E-state index is -0.304. The molecule has 220 valence electrons. The lowest BCUT2D eigenvalue weighted by Gasteiger charge is -2.38. The molecule has 1 aliphatic rings. The number of carbonyl (C=O) groups excluding carboxylic acids is 1. The van der Waals surface area contributed by atoms with Gasteiger partial charge in [-0.25, -0.2) is 4.39 Å².